The van der Waals surface area contributed by atoms with Gasteiger partial charge in [-0.3, -0.25) is 4.79 Å². The number of ketones is 1. The van der Waals surface area contributed by atoms with Crippen molar-refractivity contribution in [1.82, 2.24) is 0 Å². The first-order valence-corrected chi connectivity index (χ1v) is 5.26. The van der Waals surface area contributed by atoms with Crippen LogP contribution in [0.4, 0.5) is 0 Å². The number of allylic oxidation sites excluding steroid dienone is 1. The zero-order valence-electron chi connectivity index (χ0n) is 8.23. The summed E-state index contributed by atoms with van der Waals surface area (Å²) in [7, 11) is 0. The molecule has 0 aliphatic heterocycles. The monoisotopic (exact) mass is 206 g/mol. The van der Waals surface area contributed by atoms with Crippen molar-refractivity contribution in [1.29, 1.82) is 0 Å². The highest BCUT2D eigenvalue weighted by Gasteiger charge is 2.02. The van der Waals surface area contributed by atoms with E-state index in [1.807, 2.05) is 36.4 Å². The lowest BCUT2D eigenvalue weighted by Crippen LogP contribution is -1.94. The van der Waals surface area contributed by atoms with Crippen LogP contribution in [0.1, 0.15) is 29.3 Å². The summed E-state index contributed by atoms with van der Waals surface area (Å²) in [6.07, 6.45) is 4.94. The Kier molecular flexibility index (Phi) is 4.47. The van der Waals surface area contributed by atoms with E-state index in [9.17, 15) is 4.79 Å². The molecule has 2 heteroatoms. The largest absolute Gasteiger partial charge is 0.294 e. The second-order valence-corrected chi connectivity index (χ2v) is 3.51. The smallest absolute Gasteiger partial charge is 0.160 e. The van der Waals surface area contributed by atoms with E-state index in [0.717, 1.165) is 23.3 Å². The molecule has 74 valence electrons. The number of carbonyl (C=O) groups excluding carboxylic acids is 1. The zero-order valence-corrected chi connectivity index (χ0v) is 9.13. The summed E-state index contributed by atoms with van der Waals surface area (Å²) in [5, 5.41) is 0. The van der Waals surface area contributed by atoms with Gasteiger partial charge in [0.15, 0.2) is 5.78 Å². The summed E-state index contributed by atoms with van der Waals surface area (Å²) in [6.45, 7) is 1.59. The molecule has 0 aromatic heterocycles. The van der Waals surface area contributed by atoms with Gasteiger partial charge in [-0.05, 0) is 24.7 Å². The van der Waals surface area contributed by atoms with Gasteiger partial charge in [-0.15, -0.1) is 0 Å². The van der Waals surface area contributed by atoms with Crippen molar-refractivity contribution >= 4 is 24.5 Å². The van der Waals surface area contributed by atoms with Gasteiger partial charge in [0.05, 0.1) is 0 Å². The summed E-state index contributed by atoms with van der Waals surface area (Å²) in [4.78, 5) is 11.2. The molecule has 0 saturated heterocycles. The van der Waals surface area contributed by atoms with Crippen molar-refractivity contribution in [3.8, 4) is 0 Å². The third-order valence-electron chi connectivity index (χ3n) is 1.93. The maximum atomic E-state index is 11.2. The van der Waals surface area contributed by atoms with Crippen molar-refractivity contribution in [3.63, 3.8) is 0 Å². The van der Waals surface area contributed by atoms with Crippen LogP contribution in [0.3, 0.4) is 0 Å². The lowest BCUT2D eigenvalue weighted by atomic mass is 10.0. The average Bonchev–Trinajstić information content (AvgIpc) is 2.19. The fraction of sp³-hybridized carbons (Fsp3) is 0.250. The van der Waals surface area contributed by atoms with Crippen LogP contribution >= 0.6 is 12.6 Å². The Labute approximate surface area is 90.2 Å². The zero-order chi connectivity index (χ0) is 10.4. The Morgan fingerprint density at radius 1 is 1.43 bits per heavy atom. The van der Waals surface area contributed by atoms with E-state index < -0.39 is 0 Å². The van der Waals surface area contributed by atoms with Crippen LogP contribution in [-0.4, -0.2) is 11.5 Å². The molecule has 14 heavy (non-hydrogen) atoms. The summed E-state index contributed by atoms with van der Waals surface area (Å²) in [5.74, 6) is 0.940. The standard InChI is InChI=1S/C12H14OS/c1-10(13)12-8-3-2-6-11(12)7-4-5-9-14/h2-4,6-8,14H,5,9H2,1H3. The highest BCUT2D eigenvalue weighted by Crippen LogP contribution is 2.11. The predicted octanol–water partition coefficient (Wildman–Crippen LogP) is 3.22. The first-order chi connectivity index (χ1) is 6.75. The van der Waals surface area contributed by atoms with E-state index in [1.54, 1.807) is 6.92 Å². The highest BCUT2D eigenvalue weighted by molar-refractivity contribution is 7.80. The molecule has 0 saturated carbocycles. The van der Waals surface area contributed by atoms with Crippen molar-refractivity contribution < 1.29 is 4.79 Å². The number of Topliss-reactive ketones (excluding diaryl/α,β-unsaturated/α-hetero) is 1. The van der Waals surface area contributed by atoms with Crippen LogP contribution < -0.4 is 0 Å². The Morgan fingerprint density at radius 2 is 2.14 bits per heavy atom. The quantitative estimate of drug-likeness (QED) is 0.591. The van der Waals surface area contributed by atoms with Crippen molar-refractivity contribution in [3.05, 3.63) is 41.5 Å². The summed E-state index contributed by atoms with van der Waals surface area (Å²) in [5.41, 5.74) is 1.77. The van der Waals surface area contributed by atoms with Crippen LogP contribution in [0.15, 0.2) is 30.3 Å². The second-order valence-electron chi connectivity index (χ2n) is 3.06. The van der Waals surface area contributed by atoms with Gasteiger partial charge in [0.25, 0.3) is 0 Å². The van der Waals surface area contributed by atoms with E-state index in [1.165, 1.54) is 0 Å². The first-order valence-electron chi connectivity index (χ1n) is 4.63. The topological polar surface area (TPSA) is 17.1 Å². The minimum Gasteiger partial charge on any atom is -0.294 e. The van der Waals surface area contributed by atoms with Crippen LogP contribution in [-0.2, 0) is 0 Å². The SMILES string of the molecule is CC(=O)c1ccccc1C=CCCS. The molecule has 0 aliphatic rings. The maximum absolute atomic E-state index is 11.2. The summed E-state index contributed by atoms with van der Waals surface area (Å²) < 4.78 is 0. The third-order valence-corrected chi connectivity index (χ3v) is 2.19. The van der Waals surface area contributed by atoms with E-state index in [-0.39, 0.29) is 5.78 Å². The van der Waals surface area contributed by atoms with E-state index in [2.05, 4.69) is 12.6 Å². The normalized spacial score (nSPS) is 10.7. The molecule has 0 bridgehead atoms. The summed E-state index contributed by atoms with van der Waals surface area (Å²) in [6, 6.07) is 7.62. The van der Waals surface area contributed by atoms with Crippen molar-refractivity contribution in [2.24, 2.45) is 0 Å². The number of rotatable bonds is 4. The van der Waals surface area contributed by atoms with Crippen molar-refractivity contribution in [2.45, 2.75) is 13.3 Å². The van der Waals surface area contributed by atoms with Crippen LogP contribution in [0.25, 0.3) is 6.08 Å². The molecular weight excluding hydrogens is 192 g/mol. The van der Waals surface area contributed by atoms with Crippen molar-refractivity contribution in [2.75, 3.05) is 5.75 Å². The van der Waals surface area contributed by atoms with Gasteiger partial charge < -0.3 is 0 Å². The number of hydrogen-bond acceptors (Lipinski definition) is 2. The lowest BCUT2D eigenvalue weighted by molar-refractivity contribution is 0.101. The minimum atomic E-state index is 0.108. The van der Waals surface area contributed by atoms with Gasteiger partial charge in [-0.1, -0.05) is 36.4 Å². The molecular formula is C12H14OS. The van der Waals surface area contributed by atoms with Crippen LogP contribution in [0, 0.1) is 0 Å². The Hall–Kier alpha value is -1.02. The second kappa shape index (κ2) is 5.66. The Balaban J connectivity index is 2.90. The van der Waals surface area contributed by atoms with Crippen LogP contribution in [0.5, 0.6) is 0 Å². The first kappa shape index (κ1) is 11.1. The molecule has 0 fully saturated rings. The maximum Gasteiger partial charge on any atom is 0.160 e. The van der Waals surface area contributed by atoms with Gasteiger partial charge >= 0.3 is 0 Å². The lowest BCUT2D eigenvalue weighted by Gasteiger charge is -2.00. The number of carbonyl (C=O) groups is 1. The van der Waals surface area contributed by atoms with E-state index in [4.69, 9.17) is 0 Å². The van der Waals surface area contributed by atoms with Crippen LogP contribution in [0.2, 0.25) is 0 Å². The van der Waals surface area contributed by atoms with Gasteiger partial charge in [0, 0.05) is 5.56 Å². The van der Waals surface area contributed by atoms with Gasteiger partial charge in [0.1, 0.15) is 0 Å². The summed E-state index contributed by atoms with van der Waals surface area (Å²) >= 11 is 4.12. The average molecular weight is 206 g/mol. The molecule has 0 atom stereocenters. The molecule has 0 radical (unpaired) electrons. The van der Waals surface area contributed by atoms with Gasteiger partial charge in [0.2, 0.25) is 0 Å². The fourth-order valence-electron chi connectivity index (χ4n) is 1.25. The Bertz CT molecular complexity index is 342. The van der Waals surface area contributed by atoms with E-state index >= 15 is 0 Å². The predicted molar refractivity (Wildman–Crippen MR) is 64.0 cm³/mol. The highest BCUT2D eigenvalue weighted by atomic mass is 32.1. The van der Waals surface area contributed by atoms with E-state index in [0.29, 0.717) is 0 Å². The molecule has 0 spiro atoms. The molecule has 0 heterocycles. The molecule has 0 unspecified atom stereocenters. The Morgan fingerprint density at radius 3 is 2.79 bits per heavy atom. The number of thiol groups is 1. The molecule has 1 rings (SSSR count). The molecule has 1 aromatic rings. The fourth-order valence-corrected chi connectivity index (χ4v) is 1.40. The third kappa shape index (κ3) is 3.04. The minimum absolute atomic E-state index is 0.108. The molecule has 1 nitrogen and oxygen atoms in total. The van der Waals surface area contributed by atoms with Gasteiger partial charge in [-0.25, -0.2) is 0 Å². The number of hydrogen-bond donors (Lipinski definition) is 1. The molecule has 1 aromatic carbocycles. The molecule has 0 N–H and O–H groups in total. The molecule has 0 amide bonds. The molecule has 0 aliphatic carbocycles. The number of benzene rings is 1. The van der Waals surface area contributed by atoms with Gasteiger partial charge in [-0.2, -0.15) is 12.6 Å².